The summed E-state index contributed by atoms with van der Waals surface area (Å²) in [6, 6.07) is 1.96. The lowest BCUT2D eigenvalue weighted by Gasteiger charge is -2.03. The van der Waals surface area contributed by atoms with Crippen molar-refractivity contribution in [3.63, 3.8) is 0 Å². The molecule has 0 radical (unpaired) electrons. The van der Waals surface area contributed by atoms with Gasteiger partial charge in [-0.3, -0.25) is 9.78 Å². The summed E-state index contributed by atoms with van der Waals surface area (Å²) in [5.41, 5.74) is 13.8. The van der Waals surface area contributed by atoms with E-state index in [9.17, 15) is 4.79 Å². The van der Waals surface area contributed by atoms with Crippen LogP contribution in [-0.2, 0) is 0 Å². The number of pyridine rings is 1. The minimum atomic E-state index is -0.135. The summed E-state index contributed by atoms with van der Waals surface area (Å²) < 4.78 is 1.01. The van der Waals surface area contributed by atoms with Crippen molar-refractivity contribution < 1.29 is 4.79 Å². The highest BCUT2D eigenvalue weighted by atomic mass is 32.1. The van der Waals surface area contributed by atoms with Gasteiger partial charge >= 0.3 is 0 Å². The third-order valence-corrected chi connectivity index (χ3v) is 4.04. The molecule has 0 saturated carbocycles. The molecule has 0 unspecified atom stereocenters. The Kier molecular flexibility index (Phi) is 4.01. The Balaban J connectivity index is 2.37. The normalized spacial score (nSPS) is 10.9. The minimum Gasteiger partial charge on any atom is -0.397 e. The quantitative estimate of drug-likeness (QED) is 0.740. The van der Waals surface area contributed by atoms with Crippen LogP contribution in [0.3, 0.4) is 0 Å². The highest BCUT2D eigenvalue weighted by Gasteiger charge is 2.18. The standard InChI is InChI=1S/C13H18N4OS/c1-7-6-9-10(8(2)17-7)11(15)12(19-9)13(18)16-5-3-4-14/h6H,3-5,14-15H2,1-2H3,(H,16,18). The molecule has 6 heteroatoms. The zero-order chi connectivity index (χ0) is 14.0. The van der Waals surface area contributed by atoms with Crippen molar-refractivity contribution in [3.8, 4) is 0 Å². The third-order valence-electron chi connectivity index (χ3n) is 2.89. The van der Waals surface area contributed by atoms with Gasteiger partial charge in [-0.25, -0.2) is 0 Å². The van der Waals surface area contributed by atoms with Gasteiger partial charge in [0.05, 0.1) is 5.69 Å². The van der Waals surface area contributed by atoms with Gasteiger partial charge in [0.15, 0.2) is 0 Å². The zero-order valence-electron chi connectivity index (χ0n) is 11.1. The smallest absolute Gasteiger partial charge is 0.263 e. The lowest BCUT2D eigenvalue weighted by Crippen LogP contribution is -2.25. The summed E-state index contributed by atoms with van der Waals surface area (Å²) in [6.07, 6.45) is 0.760. The second-order valence-electron chi connectivity index (χ2n) is 4.47. The molecule has 0 aliphatic carbocycles. The van der Waals surface area contributed by atoms with Gasteiger partial charge in [-0.2, -0.15) is 0 Å². The molecule has 2 rings (SSSR count). The zero-order valence-corrected chi connectivity index (χ0v) is 11.9. The first-order chi connectivity index (χ1) is 9.04. The maximum Gasteiger partial charge on any atom is 0.263 e. The molecule has 5 N–H and O–H groups in total. The lowest BCUT2D eigenvalue weighted by atomic mass is 10.2. The summed E-state index contributed by atoms with van der Waals surface area (Å²) in [5, 5.41) is 3.72. The Morgan fingerprint density at radius 2 is 2.21 bits per heavy atom. The van der Waals surface area contributed by atoms with Crippen LogP contribution >= 0.6 is 11.3 Å². The number of fused-ring (bicyclic) bond motifs is 1. The summed E-state index contributed by atoms with van der Waals surface area (Å²) in [6.45, 7) is 4.97. The van der Waals surface area contributed by atoms with Crippen molar-refractivity contribution in [2.75, 3.05) is 18.8 Å². The van der Waals surface area contributed by atoms with Crippen LogP contribution in [0.5, 0.6) is 0 Å². The van der Waals surface area contributed by atoms with E-state index in [0.29, 0.717) is 23.7 Å². The van der Waals surface area contributed by atoms with E-state index >= 15 is 0 Å². The van der Waals surface area contributed by atoms with Gasteiger partial charge < -0.3 is 16.8 Å². The molecular formula is C13H18N4OS. The molecule has 0 saturated heterocycles. The fourth-order valence-corrected chi connectivity index (χ4v) is 3.22. The number of nitrogens with zero attached hydrogens (tertiary/aromatic N) is 1. The fourth-order valence-electron chi connectivity index (χ4n) is 2.03. The van der Waals surface area contributed by atoms with Crippen molar-refractivity contribution in [3.05, 3.63) is 22.3 Å². The second-order valence-corrected chi connectivity index (χ2v) is 5.52. The number of nitrogen functional groups attached to an aromatic ring is 1. The Morgan fingerprint density at radius 1 is 1.47 bits per heavy atom. The van der Waals surface area contributed by atoms with Crippen molar-refractivity contribution in [1.82, 2.24) is 10.3 Å². The Morgan fingerprint density at radius 3 is 2.89 bits per heavy atom. The molecule has 0 aromatic carbocycles. The van der Waals surface area contributed by atoms with Crippen molar-refractivity contribution in [2.45, 2.75) is 20.3 Å². The molecule has 0 atom stereocenters. The van der Waals surface area contributed by atoms with Crippen molar-refractivity contribution in [2.24, 2.45) is 5.73 Å². The number of anilines is 1. The number of amides is 1. The predicted octanol–water partition coefficient (Wildman–Crippen LogP) is 1.57. The summed E-state index contributed by atoms with van der Waals surface area (Å²) in [7, 11) is 0. The van der Waals surface area contributed by atoms with E-state index in [4.69, 9.17) is 11.5 Å². The number of hydrogen-bond acceptors (Lipinski definition) is 5. The van der Waals surface area contributed by atoms with Gasteiger partial charge in [0.1, 0.15) is 4.88 Å². The van der Waals surface area contributed by atoms with Crippen LogP contribution in [-0.4, -0.2) is 24.0 Å². The monoisotopic (exact) mass is 278 g/mol. The van der Waals surface area contributed by atoms with E-state index < -0.39 is 0 Å². The van der Waals surface area contributed by atoms with Gasteiger partial charge in [0.25, 0.3) is 5.91 Å². The van der Waals surface area contributed by atoms with Gasteiger partial charge in [0.2, 0.25) is 0 Å². The molecule has 2 aromatic rings. The number of nitrogens with two attached hydrogens (primary N) is 2. The number of thiophene rings is 1. The van der Waals surface area contributed by atoms with E-state index in [-0.39, 0.29) is 5.91 Å². The van der Waals surface area contributed by atoms with Crippen LogP contribution in [0, 0.1) is 13.8 Å². The first-order valence-electron chi connectivity index (χ1n) is 6.19. The first-order valence-corrected chi connectivity index (χ1v) is 7.00. The molecule has 0 aliphatic rings. The third kappa shape index (κ3) is 2.69. The number of hydrogen-bond donors (Lipinski definition) is 3. The Labute approximate surface area is 116 Å². The Bertz CT molecular complexity index is 621. The molecule has 102 valence electrons. The van der Waals surface area contributed by atoms with E-state index in [1.54, 1.807) is 0 Å². The molecule has 0 fully saturated rings. The molecule has 0 spiro atoms. The predicted molar refractivity (Wildman–Crippen MR) is 79.5 cm³/mol. The Hall–Kier alpha value is -1.66. The molecule has 19 heavy (non-hydrogen) atoms. The van der Waals surface area contributed by atoms with Crippen LogP contribution in [0.4, 0.5) is 5.69 Å². The van der Waals surface area contributed by atoms with E-state index in [2.05, 4.69) is 10.3 Å². The summed E-state index contributed by atoms with van der Waals surface area (Å²) >= 11 is 1.41. The minimum absolute atomic E-state index is 0.135. The first kappa shape index (κ1) is 13.8. The highest BCUT2D eigenvalue weighted by molar-refractivity contribution is 7.21. The molecule has 1 amide bonds. The van der Waals surface area contributed by atoms with Crippen molar-refractivity contribution >= 4 is 33.0 Å². The summed E-state index contributed by atoms with van der Waals surface area (Å²) in [5.74, 6) is -0.135. The van der Waals surface area contributed by atoms with E-state index in [1.165, 1.54) is 11.3 Å². The number of carbonyl (C=O) groups excluding carboxylic acids is 1. The largest absolute Gasteiger partial charge is 0.397 e. The van der Waals surface area contributed by atoms with Crippen LogP contribution < -0.4 is 16.8 Å². The van der Waals surface area contributed by atoms with Gasteiger partial charge in [0, 0.05) is 28.0 Å². The number of rotatable bonds is 4. The topological polar surface area (TPSA) is 94.0 Å². The highest BCUT2D eigenvalue weighted by Crippen LogP contribution is 2.35. The average molecular weight is 278 g/mol. The number of nitrogens with one attached hydrogen (secondary N) is 1. The molecule has 0 bridgehead atoms. The van der Waals surface area contributed by atoms with E-state index in [1.807, 2.05) is 19.9 Å². The second kappa shape index (κ2) is 5.54. The molecule has 2 heterocycles. The fraction of sp³-hybridized carbons (Fsp3) is 0.385. The molecule has 2 aromatic heterocycles. The van der Waals surface area contributed by atoms with Crippen LogP contribution in [0.1, 0.15) is 27.5 Å². The average Bonchev–Trinajstić information content (AvgIpc) is 2.66. The van der Waals surface area contributed by atoms with Crippen LogP contribution in [0.2, 0.25) is 0 Å². The summed E-state index contributed by atoms with van der Waals surface area (Å²) in [4.78, 5) is 17.0. The molecule has 0 aliphatic heterocycles. The van der Waals surface area contributed by atoms with E-state index in [0.717, 1.165) is 27.9 Å². The van der Waals surface area contributed by atoms with Gasteiger partial charge in [-0.05, 0) is 32.9 Å². The maximum absolute atomic E-state index is 12.1. The van der Waals surface area contributed by atoms with Gasteiger partial charge in [-0.15, -0.1) is 11.3 Å². The van der Waals surface area contributed by atoms with Gasteiger partial charge in [-0.1, -0.05) is 0 Å². The molecular weight excluding hydrogens is 260 g/mol. The molecule has 5 nitrogen and oxygen atoms in total. The SMILES string of the molecule is Cc1cc2sc(C(=O)NCCCN)c(N)c2c(C)n1. The van der Waals surface area contributed by atoms with Crippen LogP contribution in [0.25, 0.3) is 10.1 Å². The number of aromatic nitrogens is 1. The lowest BCUT2D eigenvalue weighted by molar-refractivity contribution is 0.0958. The van der Waals surface area contributed by atoms with Crippen LogP contribution in [0.15, 0.2) is 6.07 Å². The number of aryl methyl sites for hydroxylation is 2. The maximum atomic E-state index is 12.1. The number of carbonyl (C=O) groups is 1. The van der Waals surface area contributed by atoms with Crippen molar-refractivity contribution in [1.29, 1.82) is 0 Å².